The van der Waals surface area contributed by atoms with E-state index < -0.39 is 21.7 Å². The average molecular weight is 440 g/mol. The lowest BCUT2D eigenvalue weighted by atomic mass is 10.1. The van der Waals surface area contributed by atoms with E-state index in [1.165, 1.54) is 33.1 Å². The molecule has 0 radical (unpaired) electrons. The fraction of sp³-hybridized carbons (Fsp3) is 0.632. The van der Waals surface area contributed by atoms with Gasteiger partial charge in [0.1, 0.15) is 0 Å². The van der Waals surface area contributed by atoms with E-state index in [2.05, 4.69) is 10.9 Å². The van der Waals surface area contributed by atoms with Gasteiger partial charge in [-0.15, -0.1) is 11.3 Å². The molecule has 3 heterocycles. The van der Waals surface area contributed by atoms with Crippen molar-refractivity contribution in [2.75, 3.05) is 18.1 Å². The van der Waals surface area contributed by atoms with Crippen molar-refractivity contribution in [3.05, 3.63) is 21.4 Å². The number of fused-ring (bicyclic) bond motifs is 1. The summed E-state index contributed by atoms with van der Waals surface area (Å²) in [5.74, 6) is -1.52. The topological polar surface area (TPSA) is 113 Å². The minimum Gasteiger partial charge on any atom is -0.338 e. The zero-order valence-corrected chi connectivity index (χ0v) is 17.7. The van der Waals surface area contributed by atoms with Gasteiger partial charge in [-0.05, 0) is 43.7 Å². The van der Waals surface area contributed by atoms with Gasteiger partial charge in [-0.1, -0.05) is 6.42 Å². The molecule has 0 spiro atoms. The molecule has 1 aromatic rings. The zero-order valence-electron chi connectivity index (χ0n) is 16.1. The predicted octanol–water partition coefficient (Wildman–Crippen LogP) is 0.814. The Kier molecular flexibility index (Phi) is 5.65. The maximum atomic E-state index is 12.4. The summed E-state index contributed by atoms with van der Waals surface area (Å²) in [6.45, 7) is 0.189. The fourth-order valence-electron chi connectivity index (χ4n) is 4.34. The Morgan fingerprint density at radius 3 is 2.69 bits per heavy atom. The Morgan fingerprint density at radius 2 is 1.93 bits per heavy atom. The first-order chi connectivity index (χ1) is 13.8. The summed E-state index contributed by atoms with van der Waals surface area (Å²) in [4.78, 5) is 40.4. The second-order valence-electron chi connectivity index (χ2n) is 8.07. The number of carbonyl (C=O) groups is 3. The van der Waals surface area contributed by atoms with E-state index in [1.807, 2.05) is 6.07 Å². The smallest absolute Gasteiger partial charge is 0.279 e. The molecule has 1 aliphatic carbocycles. The first kappa shape index (κ1) is 20.3. The Balaban J connectivity index is 1.31. The molecule has 2 saturated heterocycles. The molecule has 4 rings (SSSR count). The van der Waals surface area contributed by atoms with Gasteiger partial charge in [0, 0.05) is 23.9 Å². The molecule has 3 aliphatic rings. The van der Waals surface area contributed by atoms with Gasteiger partial charge in [-0.2, -0.15) is 0 Å². The van der Waals surface area contributed by atoms with Crippen molar-refractivity contribution in [3.8, 4) is 0 Å². The van der Waals surface area contributed by atoms with E-state index >= 15 is 0 Å². The molecule has 10 heteroatoms. The summed E-state index contributed by atoms with van der Waals surface area (Å²) in [6, 6.07) is 1.56. The quantitative estimate of drug-likeness (QED) is 0.535. The highest BCUT2D eigenvalue weighted by molar-refractivity contribution is 7.91. The van der Waals surface area contributed by atoms with Gasteiger partial charge in [0.2, 0.25) is 11.8 Å². The van der Waals surface area contributed by atoms with Crippen LogP contribution in [0.15, 0.2) is 6.07 Å². The minimum absolute atomic E-state index is 0.0333. The number of amides is 3. The molecule has 2 unspecified atom stereocenters. The van der Waals surface area contributed by atoms with Gasteiger partial charge >= 0.3 is 0 Å². The lowest BCUT2D eigenvalue weighted by Gasteiger charge is -2.22. The third kappa shape index (κ3) is 4.48. The number of hydrogen-bond donors (Lipinski definition) is 2. The number of nitrogens with zero attached hydrogens (tertiary/aromatic N) is 1. The van der Waals surface area contributed by atoms with Crippen LogP contribution in [0, 0.1) is 5.92 Å². The maximum absolute atomic E-state index is 12.4. The van der Waals surface area contributed by atoms with Gasteiger partial charge in [-0.3, -0.25) is 25.2 Å². The lowest BCUT2D eigenvalue weighted by molar-refractivity contribution is -0.130. The fourth-order valence-corrected chi connectivity index (χ4v) is 7.22. The van der Waals surface area contributed by atoms with Crippen molar-refractivity contribution in [1.29, 1.82) is 0 Å². The van der Waals surface area contributed by atoms with Crippen molar-refractivity contribution >= 4 is 38.9 Å². The minimum atomic E-state index is -3.10. The highest BCUT2D eigenvalue weighted by atomic mass is 32.2. The number of hydrazine groups is 1. The monoisotopic (exact) mass is 439 g/mol. The van der Waals surface area contributed by atoms with E-state index in [-0.39, 0.29) is 42.3 Å². The lowest BCUT2D eigenvalue weighted by Crippen LogP contribution is -2.45. The number of nitrogens with one attached hydrogen (secondary N) is 2. The van der Waals surface area contributed by atoms with Crippen molar-refractivity contribution < 1.29 is 22.8 Å². The van der Waals surface area contributed by atoms with Gasteiger partial charge in [-0.25, -0.2) is 8.42 Å². The normalized spacial score (nSPS) is 26.1. The van der Waals surface area contributed by atoms with E-state index in [0.29, 0.717) is 11.3 Å². The number of carbonyl (C=O) groups excluding carboxylic acids is 3. The maximum Gasteiger partial charge on any atom is 0.279 e. The van der Waals surface area contributed by atoms with Gasteiger partial charge < -0.3 is 4.90 Å². The first-order valence-electron chi connectivity index (χ1n) is 10.0. The zero-order chi connectivity index (χ0) is 20.6. The molecule has 29 heavy (non-hydrogen) atoms. The van der Waals surface area contributed by atoms with Crippen LogP contribution < -0.4 is 10.9 Å². The third-order valence-corrected chi connectivity index (χ3v) is 8.93. The molecule has 3 amide bonds. The molecule has 1 aromatic heterocycles. The Hall–Kier alpha value is -1.94. The molecule has 2 aliphatic heterocycles. The standard InChI is InChI=1S/C19H25N3O5S2/c23-17-9-13(10-22(17)14-6-7-29(26,27)11-14)18(24)20-21-19(25)16-8-12-4-2-1-3-5-15(12)28-16/h8,13-14H,1-7,9-11H2,(H,20,24)(H,21,25). The molecule has 158 valence electrons. The molecule has 0 saturated carbocycles. The van der Waals surface area contributed by atoms with Crippen molar-refractivity contribution in [1.82, 2.24) is 15.8 Å². The number of thiophene rings is 1. The summed E-state index contributed by atoms with van der Waals surface area (Å²) >= 11 is 1.48. The van der Waals surface area contributed by atoms with E-state index in [4.69, 9.17) is 0 Å². The van der Waals surface area contributed by atoms with Crippen LogP contribution >= 0.6 is 11.3 Å². The van der Waals surface area contributed by atoms with Gasteiger partial charge in [0.05, 0.1) is 22.3 Å². The Bertz CT molecular complexity index is 916. The molecule has 0 bridgehead atoms. The summed E-state index contributed by atoms with van der Waals surface area (Å²) in [5.41, 5.74) is 6.12. The van der Waals surface area contributed by atoms with Crippen LogP contribution in [0.3, 0.4) is 0 Å². The molecular formula is C19H25N3O5S2. The molecule has 2 atom stereocenters. The van der Waals surface area contributed by atoms with Crippen molar-refractivity contribution in [2.24, 2.45) is 5.92 Å². The number of aryl methyl sites for hydroxylation is 2. The second kappa shape index (κ2) is 8.06. The van der Waals surface area contributed by atoms with Crippen LogP contribution in [0.5, 0.6) is 0 Å². The third-order valence-electron chi connectivity index (χ3n) is 5.95. The average Bonchev–Trinajstić information content (AvgIpc) is 3.32. The highest BCUT2D eigenvalue weighted by Gasteiger charge is 2.42. The summed E-state index contributed by atoms with van der Waals surface area (Å²) in [7, 11) is -3.10. The molecule has 2 fully saturated rings. The van der Waals surface area contributed by atoms with Gasteiger partial charge in [0.15, 0.2) is 9.84 Å². The molecule has 0 aromatic carbocycles. The van der Waals surface area contributed by atoms with Crippen molar-refractivity contribution in [3.63, 3.8) is 0 Å². The van der Waals surface area contributed by atoms with Crippen LogP contribution in [0.25, 0.3) is 0 Å². The van der Waals surface area contributed by atoms with Crippen LogP contribution in [-0.2, 0) is 32.3 Å². The molecular weight excluding hydrogens is 414 g/mol. The number of rotatable bonds is 3. The summed E-state index contributed by atoms with van der Waals surface area (Å²) in [6.07, 6.45) is 5.92. The summed E-state index contributed by atoms with van der Waals surface area (Å²) < 4.78 is 23.3. The van der Waals surface area contributed by atoms with Crippen molar-refractivity contribution in [2.45, 2.75) is 51.0 Å². The molecule has 2 N–H and O–H groups in total. The Morgan fingerprint density at radius 1 is 1.14 bits per heavy atom. The SMILES string of the molecule is O=C(NNC(=O)C1CC(=O)N(C2CCS(=O)(=O)C2)C1)c1cc2c(s1)CCCCC2. The highest BCUT2D eigenvalue weighted by Crippen LogP contribution is 2.29. The molecule has 8 nitrogen and oxygen atoms in total. The number of likely N-dealkylation sites (tertiary alicyclic amines) is 1. The van der Waals surface area contributed by atoms with Crippen LogP contribution in [-0.4, -0.2) is 55.1 Å². The van der Waals surface area contributed by atoms with E-state index in [1.54, 1.807) is 0 Å². The number of hydrogen-bond acceptors (Lipinski definition) is 6. The Labute approximate surface area is 173 Å². The predicted molar refractivity (Wildman–Crippen MR) is 108 cm³/mol. The van der Waals surface area contributed by atoms with Crippen LogP contribution in [0.2, 0.25) is 0 Å². The van der Waals surface area contributed by atoms with E-state index in [0.717, 1.165) is 25.7 Å². The van der Waals surface area contributed by atoms with Crippen LogP contribution in [0.1, 0.15) is 52.2 Å². The first-order valence-corrected chi connectivity index (χ1v) is 12.7. The van der Waals surface area contributed by atoms with E-state index in [9.17, 15) is 22.8 Å². The van der Waals surface area contributed by atoms with Crippen LogP contribution in [0.4, 0.5) is 0 Å². The largest absolute Gasteiger partial charge is 0.338 e. The summed E-state index contributed by atoms with van der Waals surface area (Å²) in [5, 5.41) is 0. The second-order valence-corrected chi connectivity index (χ2v) is 11.4. The van der Waals surface area contributed by atoms with Gasteiger partial charge in [0.25, 0.3) is 5.91 Å². The number of sulfone groups is 1.